The molecule has 0 aliphatic carbocycles. The van der Waals surface area contributed by atoms with Crippen molar-refractivity contribution in [3.63, 3.8) is 0 Å². The van der Waals surface area contributed by atoms with E-state index in [0.29, 0.717) is 5.75 Å². The van der Waals surface area contributed by atoms with E-state index in [2.05, 4.69) is 10.6 Å². The molecule has 6 nitrogen and oxygen atoms in total. The van der Waals surface area contributed by atoms with Crippen molar-refractivity contribution in [3.05, 3.63) is 71.3 Å². The molecule has 2 fully saturated rings. The normalized spacial score (nSPS) is 22.6. The number of fused-ring (bicyclic) bond motifs is 1. The van der Waals surface area contributed by atoms with Gasteiger partial charge >= 0.3 is 6.18 Å². The molecule has 0 radical (unpaired) electrons. The summed E-state index contributed by atoms with van der Waals surface area (Å²) in [6.07, 6.45) is -4.22. The molecule has 174 valence electrons. The highest BCUT2D eigenvalue weighted by Gasteiger charge is 2.46. The number of alkyl halides is 3. The van der Waals surface area contributed by atoms with E-state index >= 15 is 0 Å². The number of thioether (sulfide) groups is 1. The molecule has 3 amide bonds. The van der Waals surface area contributed by atoms with E-state index in [-0.39, 0.29) is 30.3 Å². The molecule has 0 unspecified atom stereocenters. The summed E-state index contributed by atoms with van der Waals surface area (Å²) >= 11 is 1.55. The molecule has 0 spiro atoms. The minimum absolute atomic E-state index is 0.0823. The van der Waals surface area contributed by atoms with Crippen LogP contribution in [0.2, 0.25) is 0 Å². The number of halogens is 3. The molecule has 2 saturated heterocycles. The van der Waals surface area contributed by atoms with Crippen molar-refractivity contribution in [2.45, 2.75) is 36.5 Å². The molecule has 2 N–H and O–H groups in total. The van der Waals surface area contributed by atoms with Gasteiger partial charge in [-0.25, -0.2) is 0 Å². The number of nitrogens with zero attached hydrogens (tertiary/aromatic N) is 1. The van der Waals surface area contributed by atoms with E-state index in [1.54, 1.807) is 11.8 Å². The van der Waals surface area contributed by atoms with Crippen LogP contribution < -0.4 is 10.6 Å². The Labute approximate surface area is 192 Å². The highest BCUT2D eigenvalue weighted by molar-refractivity contribution is 7.98. The minimum atomic E-state index is -4.48. The first kappa shape index (κ1) is 23.2. The Balaban J connectivity index is 1.33. The molecule has 3 atom stereocenters. The van der Waals surface area contributed by atoms with Gasteiger partial charge in [-0.3, -0.25) is 14.4 Å². The molecule has 10 heteroatoms. The van der Waals surface area contributed by atoms with E-state index in [0.717, 1.165) is 35.6 Å². The number of nitrogens with one attached hydrogen (secondary N) is 2. The Kier molecular flexibility index (Phi) is 6.64. The second-order valence-corrected chi connectivity index (χ2v) is 9.08. The first-order valence-electron chi connectivity index (χ1n) is 10.4. The van der Waals surface area contributed by atoms with E-state index in [1.165, 1.54) is 4.90 Å². The quantitative estimate of drug-likeness (QED) is 0.671. The highest BCUT2D eigenvalue weighted by atomic mass is 32.2. The van der Waals surface area contributed by atoms with Gasteiger partial charge in [-0.1, -0.05) is 30.3 Å². The van der Waals surface area contributed by atoms with Crippen LogP contribution >= 0.6 is 11.8 Å². The van der Waals surface area contributed by atoms with Crippen molar-refractivity contribution in [1.82, 2.24) is 15.5 Å². The lowest BCUT2D eigenvalue weighted by atomic mass is 10.1. The largest absolute Gasteiger partial charge is 0.416 e. The molecule has 4 rings (SSSR count). The van der Waals surface area contributed by atoms with Gasteiger partial charge < -0.3 is 15.5 Å². The molecule has 2 aromatic carbocycles. The van der Waals surface area contributed by atoms with Crippen LogP contribution in [-0.4, -0.2) is 53.0 Å². The SMILES string of the molecule is O=C(N[C@H]1C[C@H]2C(=O)N[C@@H](CSCc3ccccc3)C(=O)N2C1)c1ccc(C(F)(F)F)cc1. The van der Waals surface area contributed by atoms with Crippen LogP contribution in [0.5, 0.6) is 0 Å². The van der Waals surface area contributed by atoms with Crippen LogP contribution in [0.1, 0.15) is 27.9 Å². The van der Waals surface area contributed by atoms with Gasteiger partial charge in [0, 0.05) is 29.7 Å². The zero-order valence-electron chi connectivity index (χ0n) is 17.5. The number of hydrogen-bond donors (Lipinski definition) is 2. The third kappa shape index (κ3) is 5.32. The molecular weight excluding hydrogens is 455 g/mol. The average Bonchev–Trinajstić information content (AvgIpc) is 3.22. The number of amides is 3. The van der Waals surface area contributed by atoms with Gasteiger partial charge in [0.15, 0.2) is 0 Å². The molecule has 2 aliphatic heterocycles. The van der Waals surface area contributed by atoms with Crippen LogP contribution in [0.25, 0.3) is 0 Å². The maximum absolute atomic E-state index is 12.9. The summed E-state index contributed by atoms with van der Waals surface area (Å²) < 4.78 is 38.1. The first-order chi connectivity index (χ1) is 15.7. The minimum Gasteiger partial charge on any atom is -0.347 e. The van der Waals surface area contributed by atoms with E-state index in [1.807, 2.05) is 30.3 Å². The summed E-state index contributed by atoms with van der Waals surface area (Å²) in [6.45, 7) is 0.184. The Morgan fingerprint density at radius 1 is 1.09 bits per heavy atom. The number of hydrogen-bond acceptors (Lipinski definition) is 4. The number of carbonyl (C=O) groups excluding carboxylic acids is 3. The van der Waals surface area contributed by atoms with Crippen molar-refractivity contribution in [1.29, 1.82) is 0 Å². The van der Waals surface area contributed by atoms with Gasteiger partial charge in [-0.15, -0.1) is 0 Å². The Hall–Kier alpha value is -3.01. The van der Waals surface area contributed by atoms with Gasteiger partial charge in [0.05, 0.1) is 5.56 Å². The first-order valence-corrected chi connectivity index (χ1v) is 11.6. The van der Waals surface area contributed by atoms with Gasteiger partial charge in [0.25, 0.3) is 5.91 Å². The fourth-order valence-electron chi connectivity index (χ4n) is 4.02. The Morgan fingerprint density at radius 3 is 2.45 bits per heavy atom. The molecule has 0 bridgehead atoms. The third-order valence-corrected chi connectivity index (χ3v) is 6.81. The highest BCUT2D eigenvalue weighted by Crippen LogP contribution is 2.29. The maximum Gasteiger partial charge on any atom is 0.416 e. The number of piperazine rings is 1. The lowest BCUT2D eigenvalue weighted by Crippen LogP contribution is -2.61. The molecule has 2 heterocycles. The van der Waals surface area contributed by atoms with E-state index in [4.69, 9.17) is 0 Å². The van der Waals surface area contributed by atoms with Crippen molar-refractivity contribution in [2.24, 2.45) is 0 Å². The standard InChI is InChI=1S/C23H22F3N3O3S/c24-23(25,26)16-8-6-15(7-9-16)20(30)27-17-10-19-21(31)28-18(22(32)29(19)11-17)13-33-12-14-4-2-1-3-5-14/h1-9,17-19H,10-13H2,(H,27,30)(H,28,31)/t17-,18-,19-/m0/s1. The fourth-order valence-corrected chi connectivity index (χ4v) is 5.03. The van der Waals surface area contributed by atoms with Crippen molar-refractivity contribution < 1.29 is 27.6 Å². The van der Waals surface area contributed by atoms with Crippen LogP contribution in [0, 0.1) is 0 Å². The summed E-state index contributed by atoms with van der Waals surface area (Å²) in [5.41, 5.74) is 0.372. The predicted molar refractivity (Wildman–Crippen MR) is 117 cm³/mol. The summed E-state index contributed by atoms with van der Waals surface area (Å²) in [6, 6.07) is 12.0. The number of carbonyl (C=O) groups is 3. The van der Waals surface area contributed by atoms with Gasteiger partial charge in [-0.05, 0) is 36.2 Å². The van der Waals surface area contributed by atoms with Gasteiger partial charge in [0.1, 0.15) is 12.1 Å². The van der Waals surface area contributed by atoms with Crippen molar-refractivity contribution in [3.8, 4) is 0 Å². The zero-order valence-corrected chi connectivity index (χ0v) is 18.3. The second-order valence-electron chi connectivity index (χ2n) is 8.05. The smallest absolute Gasteiger partial charge is 0.347 e. The van der Waals surface area contributed by atoms with E-state index in [9.17, 15) is 27.6 Å². The van der Waals surface area contributed by atoms with Crippen LogP contribution in [0.4, 0.5) is 13.2 Å². The molecule has 33 heavy (non-hydrogen) atoms. The topological polar surface area (TPSA) is 78.5 Å². The fraction of sp³-hybridized carbons (Fsp3) is 0.348. The van der Waals surface area contributed by atoms with Gasteiger partial charge in [0.2, 0.25) is 11.8 Å². The Morgan fingerprint density at radius 2 is 1.79 bits per heavy atom. The zero-order chi connectivity index (χ0) is 23.6. The third-order valence-electron chi connectivity index (χ3n) is 5.71. The molecular formula is C23H22F3N3O3S. The van der Waals surface area contributed by atoms with Crippen molar-refractivity contribution >= 4 is 29.5 Å². The average molecular weight is 478 g/mol. The van der Waals surface area contributed by atoms with E-state index < -0.39 is 35.8 Å². The lowest BCUT2D eigenvalue weighted by molar-refractivity contribution is -0.146. The van der Waals surface area contributed by atoms with Crippen molar-refractivity contribution in [2.75, 3.05) is 12.3 Å². The van der Waals surface area contributed by atoms with Crippen LogP contribution in [-0.2, 0) is 21.5 Å². The number of benzene rings is 2. The summed E-state index contributed by atoms with van der Waals surface area (Å²) in [4.78, 5) is 39.4. The summed E-state index contributed by atoms with van der Waals surface area (Å²) in [5.74, 6) is 0.162. The predicted octanol–water partition coefficient (Wildman–Crippen LogP) is 2.84. The molecule has 2 aliphatic rings. The van der Waals surface area contributed by atoms with Gasteiger partial charge in [-0.2, -0.15) is 24.9 Å². The summed E-state index contributed by atoms with van der Waals surface area (Å²) in [7, 11) is 0. The lowest BCUT2D eigenvalue weighted by Gasteiger charge is -2.34. The Bertz CT molecular complexity index is 1030. The maximum atomic E-state index is 12.9. The van der Waals surface area contributed by atoms with Crippen LogP contribution in [0.3, 0.4) is 0 Å². The van der Waals surface area contributed by atoms with Crippen LogP contribution in [0.15, 0.2) is 54.6 Å². The monoisotopic (exact) mass is 477 g/mol. The number of rotatable bonds is 6. The summed E-state index contributed by atoms with van der Waals surface area (Å²) in [5, 5.41) is 5.51. The molecule has 0 saturated carbocycles. The second kappa shape index (κ2) is 9.46. The molecule has 2 aromatic rings. The molecule has 0 aromatic heterocycles.